The molecule has 0 amide bonds. The first-order valence-corrected chi connectivity index (χ1v) is 7.80. The fourth-order valence-corrected chi connectivity index (χ4v) is 2.96. The maximum atomic E-state index is 13.2. The lowest BCUT2D eigenvalue weighted by atomic mass is 10.1. The van der Waals surface area contributed by atoms with Crippen LogP contribution in [0.3, 0.4) is 0 Å². The van der Waals surface area contributed by atoms with E-state index in [1.807, 2.05) is 13.2 Å². The fraction of sp³-hybridized carbons (Fsp3) is 0.467. The van der Waals surface area contributed by atoms with Crippen molar-refractivity contribution in [1.82, 2.24) is 25.2 Å². The van der Waals surface area contributed by atoms with E-state index in [0.29, 0.717) is 11.7 Å². The lowest BCUT2D eigenvalue weighted by Crippen LogP contribution is -2.43. The highest BCUT2D eigenvalue weighted by Gasteiger charge is 2.19. The lowest BCUT2D eigenvalue weighted by Gasteiger charge is -2.31. The van der Waals surface area contributed by atoms with E-state index < -0.39 is 5.82 Å². The number of piperidine rings is 1. The molecule has 1 fully saturated rings. The van der Waals surface area contributed by atoms with E-state index in [9.17, 15) is 4.39 Å². The maximum Gasteiger partial charge on any atom is 0.141 e. The van der Waals surface area contributed by atoms with Gasteiger partial charge in [-0.25, -0.2) is 9.07 Å². The fourth-order valence-electron chi connectivity index (χ4n) is 2.79. The molecule has 118 valence electrons. The molecule has 1 aliphatic rings. The lowest BCUT2D eigenvalue weighted by molar-refractivity contribution is 0.186. The molecule has 0 bridgehead atoms. The Morgan fingerprint density at radius 3 is 3.09 bits per heavy atom. The van der Waals surface area contributed by atoms with Crippen molar-refractivity contribution in [2.24, 2.45) is 0 Å². The molecule has 2 aromatic rings. The van der Waals surface area contributed by atoms with Crippen LogP contribution in [0, 0.1) is 5.82 Å². The summed E-state index contributed by atoms with van der Waals surface area (Å²) in [5.74, 6) is -0.433. The Balaban J connectivity index is 1.69. The summed E-state index contributed by atoms with van der Waals surface area (Å²) in [6, 6.07) is 5.06. The van der Waals surface area contributed by atoms with Crippen molar-refractivity contribution in [3.8, 4) is 5.69 Å². The number of hydrogen-bond acceptors (Lipinski definition) is 4. The monoisotopic (exact) mass is 323 g/mol. The standard InChI is InChI=1S/C15H19ClFN5/c1-18-11-3-2-6-21(8-11)9-12-10-22(20-19-12)13-4-5-15(17)14(16)7-13/h4-5,7,10-11,18H,2-3,6,8-9H2,1H3. The molecule has 1 aliphatic heterocycles. The molecule has 1 aromatic heterocycles. The van der Waals surface area contributed by atoms with Crippen LogP contribution in [0.5, 0.6) is 0 Å². The van der Waals surface area contributed by atoms with Gasteiger partial charge in [0, 0.05) is 19.1 Å². The first kappa shape index (κ1) is 15.4. The predicted octanol–water partition coefficient (Wildman–Crippen LogP) is 2.24. The van der Waals surface area contributed by atoms with Crippen LogP contribution in [0.4, 0.5) is 4.39 Å². The number of rotatable bonds is 4. The highest BCUT2D eigenvalue weighted by atomic mass is 35.5. The molecule has 1 atom stereocenters. The van der Waals surface area contributed by atoms with Gasteiger partial charge in [0.25, 0.3) is 0 Å². The first-order valence-electron chi connectivity index (χ1n) is 7.42. The summed E-state index contributed by atoms with van der Waals surface area (Å²) < 4.78 is 14.8. The van der Waals surface area contributed by atoms with E-state index in [-0.39, 0.29) is 5.02 Å². The van der Waals surface area contributed by atoms with Crippen LogP contribution >= 0.6 is 11.6 Å². The van der Waals surface area contributed by atoms with Crippen molar-refractivity contribution in [2.75, 3.05) is 20.1 Å². The second kappa shape index (κ2) is 6.73. The van der Waals surface area contributed by atoms with Gasteiger partial charge >= 0.3 is 0 Å². The van der Waals surface area contributed by atoms with E-state index in [1.54, 1.807) is 16.8 Å². The molecule has 0 spiro atoms. The second-order valence-corrected chi connectivity index (χ2v) is 6.02. The quantitative estimate of drug-likeness (QED) is 0.937. The first-order chi connectivity index (χ1) is 10.7. The van der Waals surface area contributed by atoms with E-state index in [4.69, 9.17) is 11.6 Å². The number of halogens is 2. The van der Waals surface area contributed by atoms with Gasteiger partial charge in [-0.15, -0.1) is 5.10 Å². The van der Waals surface area contributed by atoms with E-state index in [0.717, 1.165) is 25.3 Å². The second-order valence-electron chi connectivity index (χ2n) is 5.62. The Bertz CT molecular complexity index is 645. The van der Waals surface area contributed by atoms with E-state index in [1.165, 1.54) is 18.9 Å². The Kier molecular flexibility index (Phi) is 4.71. The average Bonchev–Trinajstić information content (AvgIpc) is 2.98. The molecule has 3 rings (SSSR count). The van der Waals surface area contributed by atoms with Crippen LogP contribution in [0.2, 0.25) is 5.02 Å². The number of likely N-dealkylation sites (tertiary alicyclic amines) is 1. The number of hydrogen-bond donors (Lipinski definition) is 1. The van der Waals surface area contributed by atoms with Crippen LogP contribution in [-0.2, 0) is 6.54 Å². The van der Waals surface area contributed by atoms with Gasteiger partial charge in [-0.3, -0.25) is 4.90 Å². The number of likely N-dealkylation sites (N-methyl/N-ethyl adjacent to an activating group) is 1. The summed E-state index contributed by atoms with van der Waals surface area (Å²) in [5, 5.41) is 11.7. The van der Waals surface area contributed by atoms with Gasteiger partial charge in [0.15, 0.2) is 0 Å². The van der Waals surface area contributed by atoms with Crippen LogP contribution in [-0.4, -0.2) is 46.1 Å². The molecule has 2 heterocycles. The normalized spacial score (nSPS) is 19.5. The topological polar surface area (TPSA) is 46.0 Å². The van der Waals surface area contributed by atoms with Crippen molar-refractivity contribution in [2.45, 2.75) is 25.4 Å². The molecular formula is C15H19ClFN5. The Hall–Kier alpha value is -1.50. The minimum atomic E-state index is -0.433. The third-order valence-corrected chi connectivity index (χ3v) is 4.30. The van der Waals surface area contributed by atoms with Crippen molar-refractivity contribution in [3.63, 3.8) is 0 Å². The highest BCUT2D eigenvalue weighted by molar-refractivity contribution is 6.30. The number of nitrogens with zero attached hydrogens (tertiary/aromatic N) is 4. The van der Waals surface area contributed by atoms with Crippen LogP contribution < -0.4 is 5.32 Å². The molecule has 0 radical (unpaired) electrons. The summed E-state index contributed by atoms with van der Waals surface area (Å²) in [4.78, 5) is 2.37. The molecule has 22 heavy (non-hydrogen) atoms. The number of nitrogens with one attached hydrogen (secondary N) is 1. The minimum Gasteiger partial charge on any atom is -0.316 e. The third kappa shape index (κ3) is 3.45. The number of aromatic nitrogens is 3. The maximum absolute atomic E-state index is 13.2. The van der Waals surface area contributed by atoms with Gasteiger partial charge in [0.1, 0.15) is 5.82 Å². The zero-order chi connectivity index (χ0) is 15.5. The molecule has 5 nitrogen and oxygen atoms in total. The Morgan fingerprint density at radius 1 is 1.45 bits per heavy atom. The molecule has 0 saturated carbocycles. The zero-order valence-corrected chi connectivity index (χ0v) is 13.2. The molecule has 1 unspecified atom stereocenters. The van der Waals surface area contributed by atoms with Gasteiger partial charge in [0.05, 0.1) is 22.6 Å². The number of benzene rings is 1. The summed E-state index contributed by atoms with van der Waals surface area (Å²) in [7, 11) is 2.00. The van der Waals surface area contributed by atoms with Gasteiger partial charge in [-0.2, -0.15) is 0 Å². The van der Waals surface area contributed by atoms with Crippen LogP contribution in [0.1, 0.15) is 18.5 Å². The minimum absolute atomic E-state index is 0.0856. The van der Waals surface area contributed by atoms with Crippen molar-refractivity contribution < 1.29 is 4.39 Å². The smallest absolute Gasteiger partial charge is 0.141 e. The zero-order valence-electron chi connectivity index (χ0n) is 12.5. The van der Waals surface area contributed by atoms with E-state index in [2.05, 4.69) is 20.5 Å². The predicted molar refractivity (Wildman–Crippen MR) is 83.7 cm³/mol. The van der Waals surface area contributed by atoms with E-state index >= 15 is 0 Å². The van der Waals surface area contributed by atoms with Crippen molar-refractivity contribution >= 4 is 11.6 Å². The van der Waals surface area contributed by atoms with Gasteiger partial charge in [-0.05, 0) is 44.6 Å². The average molecular weight is 324 g/mol. The van der Waals surface area contributed by atoms with Gasteiger partial charge < -0.3 is 5.32 Å². The largest absolute Gasteiger partial charge is 0.316 e. The van der Waals surface area contributed by atoms with Crippen LogP contribution in [0.15, 0.2) is 24.4 Å². The summed E-state index contributed by atoms with van der Waals surface area (Å²) in [6.45, 7) is 2.87. The van der Waals surface area contributed by atoms with Gasteiger partial charge in [-0.1, -0.05) is 16.8 Å². The van der Waals surface area contributed by atoms with Gasteiger partial charge in [0.2, 0.25) is 0 Å². The van der Waals surface area contributed by atoms with Crippen molar-refractivity contribution in [1.29, 1.82) is 0 Å². The summed E-state index contributed by atoms with van der Waals surface area (Å²) in [5.41, 5.74) is 1.61. The molecular weight excluding hydrogens is 305 g/mol. The third-order valence-electron chi connectivity index (χ3n) is 4.01. The highest BCUT2D eigenvalue weighted by Crippen LogP contribution is 2.19. The SMILES string of the molecule is CNC1CCCN(Cc2cn(-c3ccc(F)c(Cl)c3)nn2)C1. The Morgan fingerprint density at radius 2 is 2.32 bits per heavy atom. The Labute approximate surface area is 134 Å². The molecule has 7 heteroatoms. The summed E-state index contributed by atoms with van der Waals surface area (Å²) >= 11 is 5.81. The van der Waals surface area contributed by atoms with Crippen LogP contribution in [0.25, 0.3) is 5.69 Å². The summed E-state index contributed by atoms with van der Waals surface area (Å²) in [6.07, 6.45) is 4.27. The molecule has 1 N–H and O–H groups in total. The molecule has 1 saturated heterocycles. The van der Waals surface area contributed by atoms with Crippen molar-refractivity contribution in [3.05, 3.63) is 40.9 Å². The molecule has 1 aromatic carbocycles. The molecule has 0 aliphatic carbocycles.